The third kappa shape index (κ3) is 0.892. The number of rotatable bonds is 1. The van der Waals surface area contributed by atoms with E-state index in [1.54, 1.807) is 0 Å². The maximum atomic E-state index is 10.2. The van der Waals surface area contributed by atoms with E-state index in [0.29, 0.717) is 0 Å². The Labute approximate surface area is 48.7 Å². The van der Waals surface area contributed by atoms with Gasteiger partial charge in [-0.15, -0.1) is 0 Å². The summed E-state index contributed by atoms with van der Waals surface area (Å²) in [6.45, 7) is 0. The van der Waals surface area contributed by atoms with Crippen molar-refractivity contribution >= 4 is 5.82 Å². The Morgan fingerprint density at radius 2 is 2.78 bits per heavy atom. The first-order valence-corrected chi connectivity index (χ1v) is 1.94. The average molecular weight is 127 g/mol. The molecule has 0 amide bonds. The third-order valence-electron chi connectivity index (χ3n) is 0.624. The van der Waals surface area contributed by atoms with E-state index in [1.165, 1.54) is 0 Å². The molecule has 0 N–H and O–H groups in total. The first kappa shape index (κ1) is 5.39. The fourth-order valence-electron chi connectivity index (χ4n) is 0.311. The predicted molar refractivity (Wildman–Crippen MR) is 24.3 cm³/mol. The average Bonchev–Trinajstić information content (AvgIpc) is 2.18. The molecule has 0 spiro atoms. The van der Waals surface area contributed by atoms with Crippen LogP contribution < -0.4 is 4.90 Å². The fourth-order valence-corrected chi connectivity index (χ4v) is 0.311. The number of aromatic nitrogens is 2. The van der Waals surface area contributed by atoms with Crippen LogP contribution in [0.15, 0.2) is 15.9 Å². The van der Waals surface area contributed by atoms with E-state index in [9.17, 15) is 5.21 Å². The molecule has 0 fully saturated rings. The lowest BCUT2D eigenvalue weighted by Gasteiger charge is -1.79. The first-order valence-electron chi connectivity index (χ1n) is 1.94. The molecule has 1 aromatic rings. The topological polar surface area (TPSA) is 102 Å². The molecule has 0 radical (unpaired) electrons. The van der Waals surface area contributed by atoms with Crippen molar-refractivity contribution in [3.63, 3.8) is 0 Å². The van der Waals surface area contributed by atoms with Crippen LogP contribution in [0.5, 0.6) is 0 Å². The lowest BCUT2D eigenvalue weighted by Crippen LogP contribution is -2.21. The smallest absolute Gasteiger partial charge is 0.390 e. The van der Waals surface area contributed by atoms with Gasteiger partial charge >= 0.3 is 10.9 Å². The molecule has 0 atom stereocenters. The van der Waals surface area contributed by atoms with Crippen LogP contribution in [0, 0.1) is 5.21 Å². The van der Waals surface area contributed by atoms with Crippen LogP contribution in [-0.4, -0.2) is 5.16 Å². The second-order valence-electron chi connectivity index (χ2n) is 1.12. The van der Waals surface area contributed by atoms with Gasteiger partial charge in [0, 0.05) is 5.53 Å². The quantitative estimate of drug-likeness (QED) is 0.234. The van der Waals surface area contributed by atoms with E-state index in [1.807, 2.05) is 0 Å². The minimum absolute atomic E-state index is 0.0136. The lowest BCUT2D eigenvalue weighted by atomic mass is 10.8. The van der Waals surface area contributed by atoms with Gasteiger partial charge < -0.3 is 9.84 Å². The van der Waals surface area contributed by atoms with Crippen molar-refractivity contribution in [3.05, 3.63) is 21.8 Å². The maximum Gasteiger partial charge on any atom is 0.424 e. The molecule has 0 saturated heterocycles. The zero-order chi connectivity index (χ0) is 6.69. The Morgan fingerprint density at radius 3 is 3.22 bits per heavy atom. The van der Waals surface area contributed by atoms with E-state index in [0.717, 1.165) is 6.20 Å². The van der Waals surface area contributed by atoms with Crippen LogP contribution in [0.4, 0.5) is 5.82 Å². The Morgan fingerprint density at radius 1 is 2.00 bits per heavy atom. The number of hydrogen-bond acceptors (Lipinski definition) is 4. The van der Waals surface area contributed by atoms with Gasteiger partial charge in [0.25, 0.3) is 0 Å². The monoisotopic (exact) mass is 127 g/mol. The van der Waals surface area contributed by atoms with E-state index in [-0.39, 0.29) is 10.7 Å². The second kappa shape index (κ2) is 2.01. The molecule has 0 aromatic carbocycles. The molecule has 0 bridgehead atoms. The molecule has 0 saturated carbocycles. The fraction of sp³-hybridized carbons (Fsp3) is 0. The van der Waals surface area contributed by atoms with Crippen molar-refractivity contribution in [3.8, 4) is 0 Å². The molecule has 9 heavy (non-hydrogen) atoms. The molecule has 0 aliphatic carbocycles. The van der Waals surface area contributed by atoms with Gasteiger partial charge in [-0.3, -0.25) is 0 Å². The molecule has 1 aromatic heterocycles. The minimum atomic E-state index is -0.197. The summed E-state index contributed by atoms with van der Waals surface area (Å²) in [6.07, 6.45) is 1.02. The van der Waals surface area contributed by atoms with Gasteiger partial charge in [0.1, 0.15) is 0 Å². The van der Waals surface area contributed by atoms with Crippen LogP contribution in [0.2, 0.25) is 0 Å². The zero-order valence-electron chi connectivity index (χ0n) is 4.13. The molecular weight excluding hydrogens is 126 g/mol. The summed E-state index contributed by atoms with van der Waals surface area (Å²) < 4.78 is 3.96. The van der Waals surface area contributed by atoms with E-state index < -0.39 is 0 Å². The highest BCUT2D eigenvalue weighted by Crippen LogP contribution is 1.99. The van der Waals surface area contributed by atoms with Gasteiger partial charge in [0.15, 0.2) is 4.91 Å². The number of azide groups is 1. The van der Waals surface area contributed by atoms with Crippen molar-refractivity contribution in [1.29, 1.82) is 0 Å². The normalized spacial score (nSPS) is 8.44. The van der Waals surface area contributed by atoms with Gasteiger partial charge in [-0.2, -0.15) is 0 Å². The van der Waals surface area contributed by atoms with Gasteiger partial charge in [-0.25, -0.2) is 0 Å². The standard InChI is InChI=1S/C2HN5O2/c3-6-5-2-1-4-9-7(2)8/h1H. The third-order valence-corrected chi connectivity index (χ3v) is 0.624. The molecule has 46 valence electrons. The van der Waals surface area contributed by atoms with Crippen LogP contribution in [0.25, 0.3) is 10.4 Å². The largest absolute Gasteiger partial charge is 0.424 e. The van der Waals surface area contributed by atoms with Crippen molar-refractivity contribution in [2.45, 2.75) is 0 Å². The van der Waals surface area contributed by atoms with E-state index in [4.69, 9.17) is 5.53 Å². The first-order chi connectivity index (χ1) is 4.34. The van der Waals surface area contributed by atoms with Crippen LogP contribution in [0.3, 0.4) is 0 Å². The molecule has 7 nitrogen and oxygen atoms in total. The Balaban J connectivity index is 3.07. The summed E-state index contributed by atoms with van der Waals surface area (Å²) in [7, 11) is 0. The van der Waals surface area contributed by atoms with E-state index in [2.05, 4.69) is 19.8 Å². The van der Waals surface area contributed by atoms with Gasteiger partial charge in [-0.1, -0.05) is 0 Å². The highest BCUT2D eigenvalue weighted by molar-refractivity contribution is 5.10. The van der Waals surface area contributed by atoms with Crippen molar-refractivity contribution in [2.24, 2.45) is 5.11 Å². The van der Waals surface area contributed by atoms with Crippen molar-refractivity contribution in [1.82, 2.24) is 5.16 Å². The van der Waals surface area contributed by atoms with Crippen LogP contribution in [0.1, 0.15) is 0 Å². The molecule has 0 unspecified atom stereocenters. The summed E-state index contributed by atoms with van der Waals surface area (Å²) in [4.78, 5) is 2.36. The maximum absolute atomic E-state index is 10.2. The molecule has 1 rings (SSSR count). The van der Waals surface area contributed by atoms with Crippen LogP contribution >= 0.6 is 0 Å². The SMILES string of the molecule is [N-]=[N+]=Nc1cno[n+]1[O-]. The second-order valence-corrected chi connectivity index (χ2v) is 1.12. The molecule has 0 aliphatic heterocycles. The van der Waals surface area contributed by atoms with Gasteiger partial charge in [0.05, 0.1) is 0 Å². The Kier molecular flexibility index (Phi) is 1.21. The Hall–Kier alpha value is -1.75. The highest BCUT2D eigenvalue weighted by atomic mass is 16.8. The lowest BCUT2D eigenvalue weighted by molar-refractivity contribution is -0.791. The molecule has 1 heterocycles. The van der Waals surface area contributed by atoms with Gasteiger partial charge in [0.2, 0.25) is 6.20 Å². The molecular formula is C2HN5O2. The summed E-state index contributed by atoms with van der Waals surface area (Å²) in [5.41, 5.74) is 7.80. The predicted octanol–water partition coefficient (Wildman–Crippen LogP) is 0.250. The van der Waals surface area contributed by atoms with E-state index >= 15 is 0 Å². The summed E-state index contributed by atoms with van der Waals surface area (Å²) in [5.74, 6) is -0.197. The van der Waals surface area contributed by atoms with Gasteiger partial charge in [-0.05, 0) is 10.1 Å². The van der Waals surface area contributed by atoms with Crippen molar-refractivity contribution in [2.75, 3.05) is 0 Å². The summed E-state index contributed by atoms with van der Waals surface area (Å²) in [5, 5.41) is 16.2. The summed E-state index contributed by atoms with van der Waals surface area (Å²) >= 11 is 0. The van der Waals surface area contributed by atoms with Crippen LogP contribution in [-0.2, 0) is 0 Å². The molecule has 0 aliphatic rings. The summed E-state index contributed by atoms with van der Waals surface area (Å²) in [6, 6.07) is 0. The highest BCUT2D eigenvalue weighted by Gasteiger charge is 2.09. The minimum Gasteiger partial charge on any atom is -0.390 e. The number of nitrogens with zero attached hydrogens (tertiary/aromatic N) is 5. The van der Waals surface area contributed by atoms with Crippen molar-refractivity contribution < 1.29 is 9.53 Å². The number of hydrogen-bond donors (Lipinski definition) is 0. The Bertz CT molecular complexity index is 247. The zero-order valence-corrected chi connectivity index (χ0v) is 4.13. The molecule has 7 heteroatoms.